The largest absolute Gasteiger partial charge is 0.351 e. The van der Waals surface area contributed by atoms with Crippen LogP contribution in [-0.4, -0.2) is 44.3 Å². The monoisotopic (exact) mass is 457 g/mol. The second kappa shape index (κ2) is 9.43. The van der Waals surface area contributed by atoms with Crippen molar-refractivity contribution in [3.05, 3.63) is 76.7 Å². The van der Waals surface area contributed by atoms with Crippen molar-refractivity contribution >= 4 is 27.7 Å². The Bertz CT molecular complexity index is 1370. The maximum Gasteiger partial charge on any atom is 0.291 e. The highest BCUT2D eigenvalue weighted by Gasteiger charge is 2.28. The smallest absolute Gasteiger partial charge is 0.291 e. The molecule has 3 heterocycles. The van der Waals surface area contributed by atoms with Crippen LogP contribution in [0.25, 0.3) is 21.8 Å². The van der Waals surface area contributed by atoms with Crippen LogP contribution in [0.1, 0.15) is 37.8 Å². The van der Waals surface area contributed by atoms with Crippen molar-refractivity contribution in [1.29, 1.82) is 0 Å². The normalized spacial score (nSPS) is 16.2. The molecule has 1 aliphatic heterocycles. The van der Waals surface area contributed by atoms with Crippen LogP contribution in [-0.2, 0) is 18.4 Å². The number of benzene rings is 2. The summed E-state index contributed by atoms with van der Waals surface area (Å²) in [5, 5.41) is 9.25. The Hall–Kier alpha value is -3.45. The number of rotatable bonds is 6. The summed E-state index contributed by atoms with van der Waals surface area (Å²) in [5.41, 5.74) is 2.56. The molecular weight excluding hydrogens is 426 g/mol. The van der Waals surface area contributed by atoms with Crippen LogP contribution in [0, 0.1) is 0 Å². The van der Waals surface area contributed by atoms with Crippen molar-refractivity contribution in [2.75, 3.05) is 13.1 Å². The number of hydrogen-bond donors (Lipinski definition) is 1. The molecule has 0 spiro atoms. The predicted molar refractivity (Wildman–Crippen MR) is 135 cm³/mol. The predicted octanol–water partition coefficient (Wildman–Crippen LogP) is 3.62. The first kappa shape index (κ1) is 22.3. The molecular formula is C27H31N5O2. The van der Waals surface area contributed by atoms with E-state index in [0.29, 0.717) is 11.9 Å². The molecule has 2 aromatic heterocycles. The van der Waals surface area contributed by atoms with Crippen molar-refractivity contribution in [3.63, 3.8) is 0 Å². The molecule has 4 aromatic rings. The van der Waals surface area contributed by atoms with Crippen molar-refractivity contribution in [3.8, 4) is 0 Å². The van der Waals surface area contributed by atoms with Crippen LogP contribution >= 0.6 is 0 Å². The molecule has 1 atom stereocenters. The number of para-hydroxylation sites is 1. The van der Waals surface area contributed by atoms with Gasteiger partial charge in [0, 0.05) is 43.5 Å². The van der Waals surface area contributed by atoms with Gasteiger partial charge < -0.3 is 9.88 Å². The molecule has 7 nitrogen and oxygen atoms in total. The number of hydrogen-bond acceptors (Lipinski definition) is 4. The topological polar surface area (TPSA) is 72.2 Å². The van der Waals surface area contributed by atoms with Gasteiger partial charge in [0.1, 0.15) is 11.6 Å². The van der Waals surface area contributed by atoms with Gasteiger partial charge in [0.15, 0.2) is 0 Å². The summed E-state index contributed by atoms with van der Waals surface area (Å²) in [6.07, 6.45) is 4.17. The molecule has 1 amide bonds. The summed E-state index contributed by atoms with van der Waals surface area (Å²) in [6, 6.07) is 18.1. The average molecular weight is 458 g/mol. The highest BCUT2D eigenvalue weighted by atomic mass is 16.2. The van der Waals surface area contributed by atoms with Gasteiger partial charge in [0.05, 0.1) is 11.7 Å². The minimum atomic E-state index is -0.458. The number of fused-ring (bicyclic) bond motifs is 3. The van der Waals surface area contributed by atoms with Crippen LogP contribution in [0.5, 0.6) is 0 Å². The lowest BCUT2D eigenvalue weighted by molar-refractivity contribution is -0.125. The van der Waals surface area contributed by atoms with Crippen LogP contribution in [0.4, 0.5) is 0 Å². The van der Waals surface area contributed by atoms with Gasteiger partial charge in [-0.05, 0) is 30.9 Å². The molecule has 7 heteroatoms. The van der Waals surface area contributed by atoms with Crippen LogP contribution in [0.2, 0.25) is 0 Å². The number of amides is 1. The van der Waals surface area contributed by atoms with Gasteiger partial charge in [-0.3, -0.25) is 14.5 Å². The Kier molecular flexibility index (Phi) is 6.20. The molecule has 1 unspecified atom stereocenters. The zero-order valence-corrected chi connectivity index (χ0v) is 19.8. The molecule has 2 aromatic carbocycles. The second-order valence-electron chi connectivity index (χ2n) is 9.19. The van der Waals surface area contributed by atoms with E-state index in [0.717, 1.165) is 48.8 Å². The fourth-order valence-electron chi connectivity index (χ4n) is 5.17. The first-order valence-corrected chi connectivity index (χ1v) is 12.1. The number of piperidine rings is 1. The molecule has 0 aliphatic carbocycles. The fraction of sp³-hybridized carbons (Fsp3) is 0.370. The number of likely N-dealkylation sites (tertiary alicyclic amines) is 1. The van der Waals surface area contributed by atoms with Crippen LogP contribution < -0.4 is 10.9 Å². The average Bonchev–Trinajstić information content (AvgIpc) is 3.19. The van der Waals surface area contributed by atoms with Crippen molar-refractivity contribution < 1.29 is 4.79 Å². The molecule has 1 saturated heterocycles. The molecule has 1 fully saturated rings. The number of aryl methyl sites for hydroxylation is 1. The van der Waals surface area contributed by atoms with E-state index in [4.69, 9.17) is 0 Å². The number of carbonyl (C=O) groups excluding carboxylic acids is 1. The van der Waals surface area contributed by atoms with Crippen molar-refractivity contribution in [1.82, 2.24) is 24.6 Å². The second-order valence-corrected chi connectivity index (χ2v) is 9.19. The van der Waals surface area contributed by atoms with E-state index in [2.05, 4.69) is 39.6 Å². The van der Waals surface area contributed by atoms with Gasteiger partial charge in [0.2, 0.25) is 5.91 Å². The Balaban J connectivity index is 1.36. The van der Waals surface area contributed by atoms with E-state index in [-0.39, 0.29) is 17.5 Å². The molecule has 1 aliphatic rings. The van der Waals surface area contributed by atoms with Crippen LogP contribution in [0.3, 0.4) is 0 Å². The quantitative estimate of drug-likeness (QED) is 0.480. The Labute approximate surface area is 199 Å². The Morgan fingerprint density at radius 1 is 1.06 bits per heavy atom. The number of nitrogens with zero attached hydrogens (tertiary/aromatic N) is 4. The minimum Gasteiger partial charge on any atom is -0.351 e. The molecule has 34 heavy (non-hydrogen) atoms. The third kappa shape index (κ3) is 4.12. The summed E-state index contributed by atoms with van der Waals surface area (Å²) in [7, 11) is 1.65. The molecule has 0 saturated carbocycles. The van der Waals surface area contributed by atoms with Gasteiger partial charge in [-0.1, -0.05) is 55.5 Å². The third-order valence-corrected chi connectivity index (χ3v) is 6.99. The van der Waals surface area contributed by atoms with Gasteiger partial charge in [-0.2, -0.15) is 5.10 Å². The van der Waals surface area contributed by atoms with Crippen molar-refractivity contribution in [2.24, 2.45) is 7.05 Å². The number of aromatic nitrogens is 3. The fourth-order valence-corrected chi connectivity index (χ4v) is 5.17. The van der Waals surface area contributed by atoms with Gasteiger partial charge in [-0.25, -0.2) is 4.68 Å². The Morgan fingerprint density at radius 2 is 1.76 bits per heavy atom. The van der Waals surface area contributed by atoms with Crippen molar-refractivity contribution in [2.45, 2.75) is 44.8 Å². The highest BCUT2D eigenvalue weighted by Crippen LogP contribution is 2.31. The summed E-state index contributed by atoms with van der Waals surface area (Å²) in [5.74, 6) is -0.0227. The summed E-state index contributed by atoms with van der Waals surface area (Å²) in [4.78, 5) is 29.1. The van der Waals surface area contributed by atoms with Crippen LogP contribution in [0.15, 0.2) is 65.6 Å². The molecule has 1 N–H and O–H groups in total. The van der Waals surface area contributed by atoms with Gasteiger partial charge in [-0.15, -0.1) is 0 Å². The molecule has 5 rings (SSSR count). The first-order valence-electron chi connectivity index (χ1n) is 12.1. The van der Waals surface area contributed by atoms with E-state index in [9.17, 15) is 9.59 Å². The maximum absolute atomic E-state index is 13.5. The molecule has 0 radical (unpaired) electrons. The first-order chi connectivity index (χ1) is 16.6. The SMILES string of the molecule is CCC(C(=O)NC1CCN(Cc2ccccc2)CC1)n1c2ccccc2c2cnn(C)c(=O)c21. The lowest BCUT2D eigenvalue weighted by Crippen LogP contribution is -2.46. The summed E-state index contributed by atoms with van der Waals surface area (Å²) >= 11 is 0. The van der Waals surface area contributed by atoms with E-state index >= 15 is 0 Å². The maximum atomic E-state index is 13.5. The number of nitrogens with one attached hydrogen (secondary N) is 1. The zero-order chi connectivity index (χ0) is 23.7. The molecule has 0 bridgehead atoms. The number of carbonyl (C=O) groups is 1. The third-order valence-electron chi connectivity index (χ3n) is 6.99. The summed E-state index contributed by atoms with van der Waals surface area (Å²) in [6.45, 7) is 4.85. The highest BCUT2D eigenvalue weighted by molar-refractivity contribution is 6.08. The lowest BCUT2D eigenvalue weighted by atomic mass is 10.0. The van der Waals surface area contributed by atoms with E-state index < -0.39 is 6.04 Å². The lowest BCUT2D eigenvalue weighted by Gasteiger charge is -2.33. The van der Waals surface area contributed by atoms with Gasteiger partial charge >= 0.3 is 0 Å². The summed E-state index contributed by atoms with van der Waals surface area (Å²) < 4.78 is 3.26. The van der Waals surface area contributed by atoms with E-state index in [1.807, 2.05) is 41.8 Å². The van der Waals surface area contributed by atoms with Gasteiger partial charge in [0.25, 0.3) is 5.56 Å². The van der Waals surface area contributed by atoms with E-state index in [1.54, 1.807) is 13.2 Å². The molecule has 176 valence electrons. The zero-order valence-electron chi connectivity index (χ0n) is 19.8. The van der Waals surface area contributed by atoms with E-state index in [1.165, 1.54) is 10.2 Å². The standard InChI is InChI=1S/C27H31N5O2/c1-3-23(26(33)29-20-13-15-31(16-14-20)18-19-9-5-4-6-10-19)32-24-12-8-7-11-21(24)22-17-28-30(2)27(34)25(22)32/h4-12,17,20,23H,3,13-16,18H2,1-2H3,(H,29,33). The Morgan fingerprint density at radius 3 is 2.50 bits per heavy atom. The minimum absolute atomic E-state index is 0.0227.